The number of carbonyl (C=O) groups is 2. The second kappa shape index (κ2) is 9.65. The Kier molecular flexibility index (Phi) is 7.27. The number of hydrogen-bond acceptors (Lipinski definition) is 4. The van der Waals surface area contributed by atoms with E-state index in [2.05, 4.69) is 15.6 Å². The Bertz CT molecular complexity index is 795. The van der Waals surface area contributed by atoms with Gasteiger partial charge in [0.05, 0.1) is 12.2 Å². The van der Waals surface area contributed by atoms with Crippen molar-refractivity contribution >= 4 is 17.6 Å². The zero-order valence-corrected chi connectivity index (χ0v) is 15.2. The van der Waals surface area contributed by atoms with Gasteiger partial charge in [0.15, 0.2) is 5.69 Å². The number of benzene rings is 1. The van der Waals surface area contributed by atoms with E-state index in [1.54, 1.807) is 0 Å². The van der Waals surface area contributed by atoms with Crippen LogP contribution in [0.5, 0.6) is 0 Å². The van der Waals surface area contributed by atoms with E-state index in [9.17, 15) is 18.4 Å². The summed E-state index contributed by atoms with van der Waals surface area (Å²) in [4.78, 5) is 29.7. The molecule has 1 aromatic carbocycles. The summed E-state index contributed by atoms with van der Waals surface area (Å²) in [7, 11) is 0. The van der Waals surface area contributed by atoms with E-state index in [0.29, 0.717) is 25.6 Å². The average Bonchev–Trinajstić information content (AvgIpc) is 3.10. The summed E-state index contributed by atoms with van der Waals surface area (Å²) in [5, 5.41) is 5.08. The molecule has 0 saturated carbocycles. The molecule has 1 heterocycles. The number of nitrogens with zero attached hydrogens (tertiary/aromatic N) is 2. The first-order chi connectivity index (χ1) is 12.9. The molecule has 0 radical (unpaired) electrons. The zero-order valence-electron chi connectivity index (χ0n) is 15.2. The number of carbonyl (C=O) groups excluding carboxylic acids is 2. The van der Waals surface area contributed by atoms with Crippen molar-refractivity contribution in [2.45, 2.75) is 33.2 Å². The first-order valence-corrected chi connectivity index (χ1v) is 8.68. The molecule has 0 atom stereocenters. The number of urea groups is 1. The summed E-state index contributed by atoms with van der Waals surface area (Å²) in [5.74, 6) is -1.78. The van der Waals surface area contributed by atoms with E-state index in [-0.39, 0.29) is 29.7 Å². The SMILES string of the molecule is CCCNC(=O)c1coc(CN(CCC)C(=O)Nc2ccc(F)cc2F)n1. The van der Waals surface area contributed by atoms with E-state index in [1.807, 2.05) is 13.8 Å². The largest absolute Gasteiger partial charge is 0.446 e. The summed E-state index contributed by atoms with van der Waals surface area (Å²) in [6.07, 6.45) is 2.66. The molecule has 146 valence electrons. The minimum absolute atomic E-state index is 0.00352. The molecule has 3 amide bonds. The maximum atomic E-state index is 13.7. The first-order valence-electron chi connectivity index (χ1n) is 8.68. The highest BCUT2D eigenvalue weighted by Crippen LogP contribution is 2.16. The number of aromatic nitrogens is 1. The van der Waals surface area contributed by atoms with Gasteiger partial charge in [-0.2, -0.15) is 0 Å². The van der Waals surface area contributed by atoms with Crippen LogP contribution in [0.1, 0.15) is 43.1 Å². The highest BCUT2D eigenvalue weighted by molar-refractivity contribution is 5.92. The molecular weight excluding hydrogens is 358 g/mol. The Morgan fingerprint density at radius 1 is 1.22 bits per heavy atom. The predicted molar refractivity (Wildman–Crippen MR) is 95.2 cm³/mol. The molecule has 2 N–H and O–H groups in total. The lowest BCUT2D eigenvalue weighted by atomic mass is 10.3. The summed E-state index contributed by atoms with van der Waals surface area (Å²) in [6, 6.07) is 2.30. The molecule has 9 heteroatoms. The molecule has 0 spiro atoms. The normalized spacial score (nSPS) is 10.5. The molecule has 2 rings (SSSR count). The summed E-state index contributed by atoms with van der Waals surface area (Å²) < 4.78 is 32.0. The second-order valence-corrected chi connectivity index (χ2v) is 5.86. The number of oxazole rings is 1. The van der Waals surface area contributed by atoms with Gasteiger partial charge in [-0.15, -0.1) is 0 Å². The number of rotatable bonds is 8. The van der Waals surface area contributed by atoms with Gasteiger partial charge >= 0.3 is 6.03 Å². The third-order valence-electron chi connectivity index (χ3n) is 3.60. The lowest BCUT2D eigenvalue weighted by Crippen LogP contribution is -2.35. The van der Waals surface area contributed by atoms with Crippen molar-refractivity contribution in [3.63, 3.8) is 0 Å². The van der Waals surface area contributed by atoms with Crippen LogP contribution in [0, 0.1) is 11.6 Å². The lowest BCUT2D eigenvalue weighted by molar-refractivity contribution is 0.0948. The van der Waals surface area contributed by atoms with Gasteiger partial charge in [-0.3, -0.25) is 4.79 Å². The average molecular weight is 380 g/mol. The van der Waals surface area contributed by atoms with Gasteiger partial charge in [0.25, 0.3) is 5.91 Å². The number of nitrogens with one attached hydrogen (secondary N) is 2. The summed E-state index contributed by atoms with van der Waals surface area (Å²) >= 11 is 0. The van der Waals surface area contributed by atoms with Gasteiger partial charge in [-0.1, -0.05) is 13.8 Å². The second-order valence-electron chi connectivity index (χ2n) is 5.86. The van der Waals surface area contributed by atoms with Gasteiger partial charge in [0, 0.05) is 19.2 Å². The standard InChI is InChI=1S/C18H22F2N4O3/c1-3-7-21-17(25)15-11-27-16(22-15)10-24(8-4-2)18(26)23-14-6-5-12(19)9-13(14)20/h5-6,9,11H,3-4,7-8,10H2,1-2H3,(H,21,25)(H,23,26). The number of hydrogen-bond donors (Lipinski definition) is 2. The Morgan fingerprint density at radius 2 is 2.00 bits per heavy atom. The molecule has 0 fully saturated rings. The van der Waals surface area contributed by atoms with Crippen LogP contribution in [0.4, 0.5) is 19.3 Å². The van der Waals surface area contributed by atoms with Crippen molar-refractivity contribution < 1.29 is 22.8 Å². The highest BCUT2D eigenvalue weighted by atomic mass is 19.1. The molecule has 1 aromatic heterocycles. The van der Waals surface area contributed by atoms with Crippen LogP contribution < -0.4 is 10.6 Å². The monoisotopic (exact) mass is 380 g/mol. The summed E-state index contributed by atoms with van der Waals surface area (Å²) in [5.41, 5.74) is -0.00516. The minimum atomic E-state index is -0.870. The van der Waals surface area contributed by atoms with Crippen molar-refractivity contribution in [2.75, 3.05) is 18.4 Å². The quantitative estimate of drug-likeness (QED) is 0.733. The fourth-order valence-electron chi connectivity index (χ4n) is 2.29. The smallest absolute Gasteiger partial charge is 0.322 e. The van der Waals surface area contributed by atoms with Gasteiger partial charge in [0.2, 0.25) is 5.89 Å². The molecule has 0 unspecified atom stereocenters. The van der Waals surface area contributed by atoms with Gasteiger partial charge < -0.3 is 20.0 Å². The molecule has 0 aliphatic heterocycles. The maximum Gasteiger partial charge on any atom is 0.322 e. The van der Waals surface area contributed by atoms with Crippen LogP contribution >= 0.6 is 0 Å². The van der Waals surface area contributed by atoms with Crippen molar-refractivity contribution in [2.24, 2.45) is 0 Å². The maximum absolute atomic E-state index is 13.7. The van der Waals surface area contributed by atoms with Crippen molar-refractivity contribution in [3.05, 3.63) is 47.7 Å². The third-order valence-corrected chi connectivity index (χ3v) is 3.60. The van der Waals surface area contributed by atoms with Crippen LogP contribution in [-0.4, -0.2) is 34.9 Å². The van der Waals surface area contributed by atoms with E-state index in [4.69, 9.17) is 4.42 Å². The molecule has 2 aromatic rings. The third kappa shape index (κ3) is 5.77. The van der Waals surface area contributed by atoms with Crippen LogP contribution in [0.2, 0.25) is 0 Å². The fraction of sp³-hybridized carbons (Fsp3) is 0.389. The molecule has 7 nitrogen and oxygen atoms in total. The van der Waals surface area contributed by atoms with Crippen LogP contribution in [0.3, 0.4) is 0 Å². The fourth-order valence-corrected chi connectivity index (χ4v) is 2.29. The highest BCUT2D eigenvalue weighted by Gasteiger charge is 2.19. The Morgan fingerprint density at radius 3 is 2.67 bits per heavy atom. The van der Waals surface area contributed by atoms with Gasteiger partial charge in [-0.05, 0) is 25.0 Å². The number of amides is 3. The lowest BCUT2D eigenvalue weighted by Gasteiger charge is -2.21. The van der Waals surface area contributed by atoms with Crippen molar-refractivity contribution in [1.29, 1.82) is 0 Å². The van der Waals surface area contributed by atoms with Crippen LogP contribution in [-0.2, 0) is 6.54 Å². The van der Waals surface area contributed by atoms with E-state index in [1.165, 1.54) is 11.2 Å². The summed E-state index contributed by atoms with van der Waals surface area (Å²) in [6.45, 7) is 4.68. The van der Waals surface area contributed by atoms with E-state index >= 15 is 0 Å². The van der Waals surface area contributed by atoms with Crippen molar-refractivity contribution in [3.8, 4) is 0 Å². The molecule has 27 heavy (non-hydrogen) atoms. The van der Waals surface area contributed by atoms with E-state index < -0.39 is 17.7 Å². The topological polar surface area (TPSA) is 87.5 Å². The minimum Gasteiger partial charge on any atom is -0.446 e. The van der Waals surface area contributed by atoms with Gasteiger partial charge in [-0.25, -0.2) is 18.6 Å². The molecule has 0 bridgehead atoms. The molecular formula is C18H22F2N4O3. The zero-order chi connectivity index (χ0) is 19.8. The number of anilines is 1. The van der Waals surface area contributed by atoms with Gasteiger partial charge in [0.1, 0.15) is 17.9 Å². The first kappa shape index (κ1) is 20.3. The van der Waals surface area contributed by atoms with Crippen LogP contribution in [0.15, 0.2) is 28.9 Å². The van der Waals surface area contributed by atoms with Crippen LogP contribution in [0.25, 0.3) is 0 Å². The Hall–Kier alpha value is -2.97. The Labute approximate surface area is 155 Å². The van der Waals surface area contributed by atoms with Crippen molar-refractivity contribution in [1.82, 2.24) is 15.2 Å². The molecule has 0 aliphatic rings. The predicted octanol–water partition coefficient (Wildman–Crippen LogP) is 3.54. The molecule has 0 saturated heterocycles. The molecule has 0 aliphatic carbocycles. The number of halogens is 2. The van der Waals surface area contributed by atoms with E-state index in [0.717, 1.165) is 18.6 Å². The Balaban J connectivity index is 2.05.